The van der Waals surface area contributed by atoms with E-state index in [1.165, 1.54) is 6.07 Å². The predicted octanol–water partition coefficient (Wildman–Crippen LogP) is 0.901. The highest BCUT2D eigenvalue weighted by atomic mass is 19.1. The van der Waals surface area contributed by atoms with Crippen molar-refractivity contribution in [3.05, 3.63) is 41.5 Å². The minimum absolute atomic E-state index is 0.0411. The molecule has 1 aliphatic rings. The molecule has 0 aromatic carbocycles. The Labute approximate surface area is 142 Å². The second-order valence-electron chi connectivity index (χ2n) is 5.60. The van der Waals surface area contributed by atoms with E-state index in [0.29, 0.717) is 25.3 Å². The maximum absolute atomic E-state index is 13.5. The molecule has 1 amide bonds. The first-order chi connectivity index (χ1) is 12.0. The Morgan fingerprint density at radius 2 is 2.32 bits per heavy atom. The van der Waals surface area contributed by atoms with Crippen molar-refractivity contribution in [2.24, 2.45) is 5.73 Å². The largest absolute Gasteiger partial charge is 0.391 e. The molecule has 0 bridgehead atoms. The van der Waals surface area contributed by atoms with Crippen LogP contribution >= 0.6 is 0 Å². The molecule has 9 heteroatoms. The van der Waals surface area contributed by atoms with E-state index in [2.05, 4.69) is 15.3 Å². The third-order valence-electron chi connectivity index (χ3n) is 3.85. The fourth-order valence-corrected chi connectivity index (χ4v) is 2.62. The van der Waals surface area contributed by atoms with Gasteiger partial charge in [0.05, 0.1) is 23.6 Å². The Balaban J connectivity index is 2.00. The Morgan fingerprint density at radius 3 is 2.96 bits per heavy atom. The first kappa shape index (κ1) is 16.6. The van der Waals surface area contributed by atoms with Crippen LogP contribution in [0.2, 0.25) is 0 Å². The summed E-state index contributed by atoms with van der Waals surface area (Å²) in [6.07, 6.45) is 1.11. The van der Waals surface area contributed by atoms with E-state index in [1.54, 1.807) is 6.07 Å². The van der Waals surface area contributed by atoms with Gasteiger partial charge in [-0.05, 0) is 18.6 Å². The van der Waals surface area contributed by atoms with E-state index in [1.807, 2.05) is 11.0 Å². The van der Waals surface area contributed by atoms with Crippen LogP contribution in [0.15, 0.2) is 24.4 Å². The molecule has 0 spiro atoms. The Bertz CT molecular complexity index is 866. The average Bonchev–Trinajstić information content (AvgIpc) is 3.01. The molecule has 0 saturated carbocycles. The number of aromatic nitrogens is 2. The first-order valence-corrected chi connectivity index (χ1v) is 7.54. The standard InChI is InChI=1S/C16H15FN6O2/c17-9-5-12(13(6-18)20-7-9)21-16-11(15(19)25)1-2-14(22-16)23-4-3-10(24)8-23/h1-2,5,7,10,24H,3-4,8H2,(H2,19,25)(H,21,22). The van der Waals surface area contributed by atoms with Crippen molar-refractivity contribution in [2.45, 2.75) is 12.5 Å². The van der Waals surface area contributed by atoms with Crippen LogP contribution in [0.25, 0.3) is 0 Å². The molecule has 2 aromatic heterocycles. The lowest BCUT2D eigenvalue weighted by Gasteiger charge is -2.19. The number of nitrogens with one attached hydrogen (secondary N) is 1. The smallest absolute Gasteiger partial charge is 0.252 e. The summed E-state index contributed by atoms with van der Waals surface area (Å²) in [5, 5.41) is 21.5. The van der Waals surface area contributed by atoms with Gasteiger partial charge in [-0.3, -0.25) is 4.79 Å². The van der Waals surface area contributed by atoms with Crippen LogP contribution in [0.4, 0.5) is 21.7 Å². The SMILES string of the molecule is N#Cc1ncc(F)cc1Nc1nc(N2CCC(O)C2)ccc1C(N)=O. The maximum atomic E-state index is 13.5. The highest BCUT2D eigenvalue weighted by Crippen LogP contribution is 2.26. The van der Waals surface area contributed by atoms with Crippen LogP contribution in [-0.2, 0) is 0 Å². The van der Waals surface area contributed by atoms with Gasteiger partial charge in [0.25, 0.3) is 5.91 Å². The molecule has 1 unspecified atom stereocenters. The van der Waals surface area contributed by atoms with Crippen LogP contribution in [-0.4, -0.2) is 40.2 Å². The van der Waals surface area contributed by atoms with Crippen LogP contribution in [0.5, 0.6) is 0 Å². The number of aliphatic hydroxyl groups excluding tert-OH is 1. The maximum Gasteiger partial charge on any atom is 0.252 e. The molecular formula is C16H15FN6O2. The van der Waals surface area contributed by atoms with Crippen molar-refractivity contribution >= 4 is 23.2 Å². The number of nitrogens with zero attached hydrogens (tertiary/aromatic N) is 4. The number of aliphatic hydroxyl groups is 1. The second kappa shape index (κ2) is 6.70. The molecule has 1 atom stereocenters. The highest BCUT2D eigenvalue weighted by molar-refractivity contribution is 5.98. The number of carbonyl (C=O) groups is 1. The van der Waals surface area contributed by atoms with E-state index in [0.717, 1.165) is 12.3 Å². The second-order valence-corrected chi connectivity index (χ2v) is 5.60. The van der Waals surface area contributed by atoms with Crippen LogP contribution in [0, 0.1) is 17.1 Å². The summed E-state index contributed by atoms with van der Waals surface area (Å²) in [5.74, 6) is -0.728. The molecule has 0 aliphatic carbocycles. The lowest BCUT2D eigenvalue weighted by Crippen LogP contribution is -2.23. The molecule has 3 rings (SSSR count). The summed E-state index contributed by atoms with van der Waals surface area (Å²) in [5.41, 5.74) is 5.50. The number of hydrogen-bond acceptors (Lipinski definition) is 7. The van der Waals surface area contributed by atoms with Gasteiger partial charge in [0.1, 0.15) is 23.5 Å². The number of β-amino-alcohol motifs (C(OH)–C–C–N with tert-alkyl or cyclic N) is 1. The van der Waals surface area contributed by atoms with E-state index >= 15 is 0 Å². The Morgan fingerprint density at radius 1 is 1.52 bits per heavy atom. The van der Waals surface area contributed by atoms with Crippen molar-refractivity contribution in [3.8, 4) is 6.07 Å². The zero-order chi connectivity index (χ0) is 18.0. The molecule has 3 heterocycles. The van der Waals surface area contributed by atoms with Gasteiger partial charge >= 0.3 is 0 Å². The van der Waals surface area contributed by atoms with Crippen molar-refractivity contribution in [3.63, 3.8) is 0 Å². The topological polar surface area (TPSA) is 128 Å². The van der Waals surface area contributed by atoms with Crippen LogP contribution < -0.4 is 16.0 Å². The van der Waals surface area contributed by atoms with E-state index < -0.39 is 17.8 Å². The molecule has 128 valence electrons. The number of carbonyl (C=O) groups excluding carboxylic acids is 1. The first-order valence-electron chi connectivity index (χ1n) is 7.54. The van der Waals surface area contributed by atoms with Gasteiger partial charge in [0.15, 0.2) is 5.69 Å². The van der Waals surface area contributed by atoms with Gasteiger partial charge in [0.2, 0.25) is 0 Å². The zero-order valence-corrected chi connectivity index (χ0v) is 13.1. The summed E-state index contributed by atoms with van der Waals surface area (Å²) in [6, 6.07) is 6.05. The molecule has 2 aromatic rings. The fraction of sp³-hybridized carbons (Fsp3) is 0.250. The summed E-state index contributed by atoms with van der Waals surface area (Å²) in [6.45, 7) is 1.04. The fourth-order valence-electron chi connectivity index (χ4n) is 2.62. The number of halogens is 1. The number of hydrogen-bond donors (Lipinski definition) is 3. The molecular weight excluding hydrogens is 327 g/mol. The summed E-state index contributed by atoms with van der Waals surface area (Å²) in [4.78, 5) is 21.6. The van der Waals surface area contributed by atoms with Crippen molar-refractivity contribution in [1.82, 2.24) is 9.97 Å². The highest BCUT2D eigenvalue weighted by Gasteiger charge is 2.23. The molecule has 0 radical (unpaired) electrons. The lowest BCUT2D eigenvalue weighted by atomic mass is 10.2. The van der Waals surface area contributed by atoms with Gasteiger partial charge < -0.3 is 21.1 Å². The van der Waals surface area contributed by atoms with Crippen LogP contribution in [0.1, 0.15) is 22.5 Å². The monoisotopic (exact) mass is 342 g/mol. The number of rotatable bonds is 4. The third kappa shape index (κ3) is 3.49. The summed E-state index contributed by atoms with van der Waals surface area (Å²) in [7, 11) is 0. The number of anilines is 3. The number of pyridine rings is 2. The Kier molecular flexibility index (Phi) is 4.45. The van der Waals surface area contributed by atoms with E-state index in [-0.39, 0.29) is 22.8 Å². The molecule has 25 heavy (non-hydrogen) atoms. The summed E-state index contributed by atoms with van der Waals surface area (Å²) >= 11 is 0. The van der Waals surface area contributed by atoms with Crippen molar-refractivity contribution < 1.29 is 14.3 Å². The van der Waals surface area contributed by atoms with Gasteiger partial charge in [-0.25, -0.2) is 14.4 Å². The normalized spacial score (nSPS) is 16.5. The van der Waals surface area contributed by atoms with Crippen molar-refractivity contribution in [1.29, 1.82) is 5.26 Å². The molecule has 8 nitrogen and oxygen atoms in total. The number of nitriles is 1. The summed E-state index contributed by atoms with van der Waals surface area (Å²) < 4.78 is 13.5. The molecule has 4 N–H and O–H groups in total. The number of primary amides is 1. The molecule has 1 aliphatic heterocycles. The van der Waals surface area contributed by atoms with E-state index in [4.69, 9.17) is 11.0 Å². The molecule has 1 saturated heterocycles. The average molecular weight is 342 g/mol. The van der Waals surface area contributed by atoms with Gasteiger partial charge in [-0.1, -0.05) is 0 Å². The van der Waals surface area contributed by atoms with Gasteiger partial charge in [-0.15, -0.1) is 0 Å². The van der Waals surface area contributed by atoms with Crippen molar-refractivity contribution in [2.75, 3.05) is 23.3 Å². The third-order valence-corrected chi connectivity index (χ3v) is 3.85. The van der Waals surface area contributed by atoms with Gasteiger partial charge in [-0.2, -0.15) is 5.26 Å². The zero-order valence-electron chi connectivity index (χ0n) is 13.1. The predicted molar refractivity (Wildman–Crippen MR) is 87.8 cm³/mol. The number of nitrogens with two attached hydrogens (primary N) is 1. The molecule has 1 fully saturated rings. The van der Waals surface area contributed by atoms with E-state index in [9.17, 15) is 14.3 Å². The lowest BCUT2D eigenvalue weighted by molar-refractivity contribution is 0.100. The minimum atomic E-state index is -0.717. The van der Waals surface area contributed by atoms with Gasteiger partial charge in [0, 0.05) is 19.2 Å². The Hall–Kier alpha value is -3.25. The quantitative estimate of drug-likeness (QED) is 0.753. The van der Waals surface area contributed by atoms with Crippen LogP contribution in [0.3, 0.4) is 0 Å². The number of amides is 1. The minimum Gasteiger partial charge on any atom is -0.391 e.